The largest absolute Gasteiger partial charge is 0.480 e. The molecule has 6 N–H and O–H groups in total. The Hall–Kier alpha value is -2.95. The Morgan fingerprint density at radius 1 is 1.46 bits per heavy atom. The number of carbonyl (C=O) groups is 2. The molecule has 0 aliphatic rings. The van der Waals surface area contributed by atoms with Crippen LogP contribution in [0.5, 0.6) is 0 Å². The number of nitrogens with zero attached hydrogens (tertiary/aromatic N) is 3. The van der Waals surface area contributed by atoms with Gasteiger partial charge in [-0.1, -0.05) is 25.4 Å². The standard InChI is InChI=1S/C15H23N7O4/c1-3-8(2)12(16)13-21-11(26-22-13)6-18-15(25)20-10(14(23)24)4-9-5-17-7-19-9/h5,7-8,10,12H,3-4,6,16H2,1-2H3,(H,17,19)(H,23,24)(H2,18,20,25)/t8?,10-,12-/m0/s1. The lowest BCUT2D eigenvalue weighted by atomic mass is 10.00. The van der Waals surface area contributed by atoms with Gasteiger partial charge in [0, 0.05) is 18.3 Å². The molecule has 11 heteroatoms. The lowest BCUT2D eigenvalue weighted by Gasteiger charge is -2.14. The van der Waals surface area contributed by atoms with Gasteiger partial charge in [-0.15, -0.1) is 0 Å². The molecule has 0 saturated heterocycles. The third kappa shape index (κ3) is 5.28. The highest BCUT2D eigenvalue weighted by Gasteiger charge is 2.22. The second-order valence-electron chi connectivity index (χ2n) is 5.96. The predicted molar refractivity (Wildman–Crippen MR) is 89.8 cm³/mol. The van der Waals surface area contributed by atoms with Gasteiger partial charge in [0.2, 0.25) is 5.89 Å². The fourth-order valence-corrected chi connectivity index (χ4v) is 2.17. The Bertz CT molecular complexity index is 715. The third-order valence-electron chi connectivity index (χ3n) is 4.02. The number of H-pyrrole nitrogens is 1. The summed E-state index contributed by atoms with van der Waals surface area (Å²) in [5, 5.41) is 17.9. The molecular weight excluding hydrogens is 342 g/mol. The molecule has 2 heterocycles. The van der Waals surface area contributed by atoms with Crippen LogP contribution in [0.2, 0.25) is 0 Å². The Balaban J connectivity index is 1.85. The number of nitrogens with one attached hydrogen (secondary N) is 3. The minimum atomic E-state index is -1.16. The topological polar surface area (TPSA) is 172 Å². The van der Waals surface area contributed by atoms with Crippen molar-refractivity contribution in [3.8, 4) is 0 Å². The molecule has 0 saturated carbocycles. The van der Waals surface area contributed by atoms with E-state index in [1.54, 1.807) is 0 Å². The van der Waals surface area contributed by atoms with Crippen molar-refractivity contribution in [2.45, 2.75) is 45.3 Å². The van der Waals surface area contributed by atoms with Crippen LogP contribution in [-0.2, 0) is 17.8 Å². The van der Waals surface area contributed by atoms with Gasteiger partial charge in [-0.25, -0.2) is 14.6 Å². The summed E-state index contributed by atoms with van der Waals surface area (Å²) in [5.74, 6) is -0.404. The number of carboxylic acids is 1. The quantitative estimate of drug-likeness (QED) is 0.423. The molecule has 1 unspecified atom stereocenters. The highest BCUT2D eigenvalue weighted by Crippen LogP contribution is 2.18. The van der Waals surface area contributed by atoms with E-state index >= 15 is 0 Å². The van der Waals surface area contributed by atoms with Crippen molar-refractivity contribution in [2.75, 3.05) is 0 Å². The Labute approximate surface area is 149 Å². The van der Waals surface area contributed by atoms with Crippen molar-refractivity contribution >= 4 is 12.0 Å². The summed E-state index contributed by atoms with van der Waals surface area (Å²) in [6.45, 7) is 3.96. The highest BCUT2D eigenvalue weighted by molar-refractivity contribution is 5.82. The van der Waals surface area contributed by atoms with Crippen LogP contribution in [0.1, 0.15) is 43.7 Å². The number of hydrogen-bond donors (Lipinski definition) is 5. The maximum Gasteiger partial charge on any atom is 0.326 e. The number of carbonyl (C=O) groups excluding carboxylic acids is 1. The summed E-state index contributed by atoms with van der Waals surface area (Å²) in [5.41, 5.74) is 6.62. The first-order chi connectivity index (χ1) is 12.4. The highest BCUT2D eigenvalue weighted by atomic mass is 16.5. The number of amides is 2. The van der Waals surface area contributed by atoms with E-state index in [1.807, 2.05) is 13.8 Å². The van der Waals surface area contributed by atoms with Gasteiger partial charge in [-0.3, -0.25) is 0 Å². The first-order valence-electron chi connectivity index (χ1n) is 8.23. The van der Waals surface area contributed by atoms with E-state index in [9.17, 15) is 14.7 Å². The minimum absolute atomic E-state index is 0.0392. The summed E-state index contributed by atoms with van der Waals surface area (Å²) in [6, 6.07) is -2.12. The normalized spacial score (nSPS) is 14.4. The smallest absolute Gasteiger partial charge is 0.326 e. The van der Waals surface area contributed by atoms with Crippen LogP contribution >= 0.6 is 0 Å². The third-order valence-corrected chi connectivity index (χ3v) is 4.02. The van der Waals surface area contributed by atoms with Gasteiger partial charge in [0.15, 0.2) is 5.82 Å². The molecule has 0 spiro atoms. The van der Waals surface area contributed by atoms with Gasteiger partial charge in [-0.05, 0) is 5.92 Å². The van der Waals surface area contributed by atoms with Crippen molar-refractivity contribution in [3.05, 3.63) is 29.9 Å². The SMILES string of the molecule is CCC(C)[C@H](N)c1noc(CNC(=O)N[C@@H](Cc2cnc[nH]2)C(=O)O)n1. The van der Waals surface area contributed by atoms with Crippen LogP contribution in [0.25, 0.3) is 0 Å². The Morgan fingerprint density at radius 2 is 2.23 bits per heavy atom. The van der Waals surface area contributed by atoms with Gasteiger partial charge in [0.05, 0.1) is 18.9 Å². The number of rotatable bonds is 9. The van der Waals surface area contributed by atoms with E-state index in [-0.39, 0.29) is 30.8 Å². The lowest BCUT2D eigenvalue weighted by Crippen LogP contribution is -2.47. The zero-order chi connectivity index (χ0) is 19.1. The number of aliphatic carboxylic acids is 1. The minimum Gasteiger partial charge on any atom is -0.480 e. The number of imidazole rings is 1. The average molecular weight is 365 g/mol. The molecule has 0 fully saturated rings. The van der Waals surface area contributed by atoms with Gasteiger partial charge in [0.25, 0.3) is 0 Å². The first-order valence-corrected chi connectivity index (χ1v) is 8.23. The van der Waals surface area contributed by atoms with E-state index < -0.39 is 18.0 Å². The summed E-state index contributed by atoms with van der Waals surface area (Å²) < 4.78 is 5.06. The number of nitrogens with two attached hydrogens (primary N) is 1. The maximum absolute atomic E-state index is 11.9. The van der Waals surface area contributed by atoms with Crippen LogP contribution in [0.15, 0.2) is 17.0 Å². The summed E-state index contributed by atoms with van der Waals surface area (Å²) in [4.78, 5) is 34.0. The second kappa shape index (κ2) is 8.94. The number of urea groups is 1. The van der Waals surface area contributed by atoms with Crippen LogP contribution in [-0.4, -0.2) is 43.3 Å². The lowest BCUT2D eigenvalue weighted by molar-refractivity contribution is -0.139. The van der Waals surface area contributed by atoms with Crippen molar-refractivity contribution in [1.29, 1.82) is 0 Å². The number of carboxylic acid groups (broad SMARTS) is 1. The molecule has 26 heavy (non-hydrogen) atoms. The van der Waals surface area contributed by atoms with Gasteiger partial charge in [0.1, 0.15) is 6.04 Å². The second-order valence-corrected chi connectivity index (χ2v) is 5.96. The van der Waals surface area contributed by atoms with Crippen LogP contribution in [0, 0.1) is 5.92 Å². The van der Waals surface area contributed by atoms with Crippen molar-refractivity contribution in [1.82, 2.24) is 30.7 Å². The van der Waals surface area contributed by atoms with Crippen LogP contribution < -0.4 is 16.4 Å². The summed E-state index contributed by atoms with van der Waals surface area (Å²) in [6.07, 6.45) is 3.89. The first kappa shape index (κ1) is 19.4. The molecule has 11 nitrogen and oxygen atoms in total. The monoisotopic (exact) mass is 365 g/mol. The molecule has 0 bridgehead atoms. The molecule has 2 rings (SSSR count). The molecule has 0 aliphatic carbocycles. The molecular formula is C15H23N7O4. The van der Waals surface area contributed by atoms with Crippen LogP contribution in [0.4, 0.5) is 4.79 Å². The molecule has 2 aromatic rings. The van der Waals surface area contributed by atoms with Crippen LogP contribution in [0.3, 0.4) is 0 Å². The number of aromatic amines is 1. The maximum atomic E-state index is 11.9. The average Bonchev–Trinajstić information content (AvgIpc) is 3.29. The molecule has 3 atom stereocenters. The fraction of sp³-hybridized carbons (Fsp3) is 0.533. The van der Waals surface area contributed by atoms with Crippen molar-refractivity contribution in [3.63, 3.8) is 0 Å². The zero-order valence-electron chi connectivity index (χ0n) is 14.6. The molecule has 2 aromatic heterocycles. The predicted octanol–water partition coefficient (Wildman–Crippen LogP) is 0.334. The van der Waals surface area contributed by atoms with Crippen molar-refractivity contribution < 1.29 is 19.2 Å². The number of hydrogen-bond acceptors (Lipinski definition) is 7. The van der Waals surface area contributed by atoms with Gasteiger partial charge in [-0.2, -0.15) is 4.98 Å². The molecule has 0 aromatic carbocycles. The summed E-state index contributed by atoms with van der Waals surface area (Å²) >= 11 is 0. The fourth-order valence-electron chi connectivity index (χ4n) is 2.17. The molecule has 2 amide bonds. The van der Waals surface area contributed by atoms with E-state index in [0.717, 1.165) is 6.42 Å². The van der Waals surface area contributed by atoms with Gasteiger partial charge >= 0.3 is 12.0 Å². The zero-order valence-corrected chi connectivity index (χ0v) is 14.6. The summed E-state index contributed by atoms with van der Waals surface area (Å²) in [7, 11) is 0. The van der Waals surface area contributed by atoms with E-state index in [0.29, 0.717) is 11.5 Å². The van der Waals surface area contributed by atoms with Crippen molar-refractivity contribution in [2.24, 2.45) is 11.7 Å². The number of aromatic nitrogens is 4. The Kier molecular flexibility index (Phi) is 6.67. The Morgan fingerprint density at radius 3 is 2.85 bits per heavy atom. The molecule has 0 aliphatic heterocycles. The molecule has 0 radical (unpaired) electrons. The van der Waals surface area contributed by atoms with E-state index in [2.05, 4.69) is 30.7 Å². The molecule has 142 valence electrons. The van der Waals surface area contributed by atoms with E-state index in [4.69, 9.17) is 10.3 Å². The van der Waals surface area contributed by atoms with Gasteiger partial charge < -0.3 is 31.0 Å². The van der Waals surface area contributed by atoms with E-state index in [1.165, 1.54) is 12.5 Å².